The van der Waals surface area contributed by atoms with E-state index in [1.54, 1.807) is 11.3 Å². The second kappa shape index (κ2) is 6.19. The van der Waals surface area contributed by atoms with Crippen molar-refractivity contribution in [3.05, 3.63) is 21.4 Å². The van der Waals surface area contributed by atoms with Crippen LogP contribution in [0.25, 0.3) is 0 Å². The van der Waals surface area contributed by atoms with Crippen LogP contribution < -0.4 is 0 Å². The molecule has 0 saturated heterocycles. The molecule has 0 spiro atoms. The van der Waals surface area contributed by atoms with Gasteiger partial charge in [-0.05, 0) is 56.1 Å². The highest BCUT2D eigenvalue weighted by atomic mass is 32.1. The van der Waals surface area contributed by atoms with Gasteiger partial charge < -0.3 is 4.74 Å². The topological polar surface area (TPSA) is 50.1 Å². The Hall–Kier alpha value is -1.34. The molecular formula is C17H21NO2S. The monoisotopic (exact) mass is 303 g/mol. The molecule has 1 aromatic rings. The van der Waals surface area contributed by atoms with Crippen LogP contribution in [-0.4, -0.2) is 12.1 Å². The molecule has 3 atom stereocenters. The number of nitriles is 1. The lowest BCUT2D eigenvalue weighted by Gasteiger charge is -2.26. The van der Waals surface area contributed by atoms with E-state index in [0.717, 1.165) is 43.4 Å². The van der Waals surface area contributed by atoms with Crippen LogP contribution in [0.3, 0.4) is 0 Å². The Balaban J connectivity index is 1.69. The van der Waals surface area contributed by atoms with Gasteiger partial charge in [0.1, 0.15) is 11.0 Å². The molecule has 21 heavy (non-hydrogen) atoms. The first-order valence-corrected chi connectivity index (χ1v) is 8.71. The molecule has 0 radical (unpaired) electrons. The Morgan fingerprint density at radius 1 is 1.38 bits per heavy atom. The van der Waals surface area contributed by atoms with Gasteiger partial charge >= 0.3 is 5.97 Å². The molecule has 3 rings (SSSR count). The maximum absolute atomic E-state index is 12.4. The number of aryl methyl sites for hydroxylation is 1. The van der Waals surface area contributed by atoms with E-state index in [1.165, 1.54) is 16.9 Å². The molecule has 0 unspecified atom stereocenters. The normalized spacial score (nSPS) is 28.5. The van der Waals surface area contributed by atoms with Crippen LogP contribution >= 0.6 is 11.3 Å². The first kappa shape index (κ1) is 14.6. The van der Waals surface area contributed by atoms with Crippen molar-refractivity contribution in [2.75, 3.05) is 0 Å². The van der Waals surface area contributed by atoms with E-state index in [1.807, 2.05) is 6.07 Å². The lowest BCUT2D eigenvalue weighted by Crippen LogP contribution is -2.29. The van der Waals surface area contributed by atoms with Crippen LogP contribution in [0, 0.1) is 23.2 Å². The minimum atomic E-state index is -0.228. The molecule has 1 heterocycles. The number of fused-ring (bicyclic) bond motifs is 1. The van der Waals surface area contributed by atoms with Crippen LogP contribution in [0.4, 0.5) is 0 Å². The molecule has 1 fully saturated rings. The summed E-state index contributed by atoms with van der Waals surface area (Å²) in [5.41, 5.74) is 1.33. The standard InChI is InChI=1S/C17H21NO2S/c1-11-6-7-15-13(8-11)9-16(21-15)17(19)20-14-5-3-2-4-12(14)10-18/h9,11-12,14H,2-8H2,1H3/t11-,12-,14+/m1/s1. The molecule has 0 amide bonds. The molecule has 2 aliphatic rings. The molecule has 3 nitrogen and oxygen atoms in total. The van der Waals surface area contributed by atoms with Crippen LogP contribution in [0.5, 0.6) is 0 Å². The summed E-state index contributed by atoms with van der Waals surface area (Å²) in [5, 5.41) is 9.17. The van der Waals surface area contributed by atoms with Crippen molar-refractivity contribution in [3.63, 3.8) is 0 Å². The summed E-state index contributed by atoms with van der Waals surface area (Å²) < 4.78 is 5.63. The van der Waals surface area contributed by atoms with E-state index in [2.05, 4.69) is 13.0 Å². The van der Waals surface area contributed by atoms with E-state index in [-0.39, 0.29) is 18.0 Å². The van der Waals surface area contributed by atoms with Crippen molar-refractivity contribution in [2.45, 2.75) is 58.0 Å². The van der Waals surface area contributed by atoms with E-state index in [9.17, 15) is 4.79 Å². The number of hydrogen-bond donors (Lipinski definition) is 0. The predicted octanol–water partition coefficient (Wildman–Crippen LogP) is 4.11. The number of carbonyl (C=O) groups excluding carboxylic acids is 1. The summed E-state index contributed by atoms with van der Waals surface area (Å²) in [4.78, 5) is 14.4. The van der Waals surface area contributed by atoms with E-state index >= 15 is 0 Å². The highest BCUT2D eigenvalue weighted by molar-refractivity contribution is 7.14. The van der Waals surface area contributed by atoms with Gasteiger partial charge in [-0.2, -0.15) is 5.26 Å². The van der Waals surface area contributed by atoms with Gasteiger partial charge in [-0.1, -0.05) is 13.3 Å². The summed E-state index contributed by atoms with van der Waals surface area (Å²) in [7, 11) is 0. The lowest BCUT2D eigenvalue weighted by molar-refractivity contribution is 0.0113. The second-order valence-corrected chi connectivity index (χ2v) is 7.51. The van der Waals surface area contributed by atoms with Crippen LogP contribution in [-0.2, 0) is 17.6 Å². The zero-order valence-corrected chi connectivity index (χ0v) is 13.2. The quantitative estimate of drug-likeness (QED) is 0.772. The van der Waals surface area contributed by atoms with E-state index in [4.69, 9.17) is 10.00 Å². The molecule has 112 valence electrons. The van der Waals surface area contributed by atoms with Crippen molar-refractivity contribution in [2.24, 2.45) is 11.8 Å². The predicted molar refractivity (Wildman–Crippen MR) is 82.3 cm³/mol. The Bertz CT molecular complexity index is 572. The van der Waals surface area contributed by atoms with Crippen molar-refractivity contribution in [1.29, 1.82) is 5.26 Å². The first-order chi connectivity index (χ1) is 10.2. The molecule has 0 N–H and O–H groups in total. The Morgan fingerprint density at radius 2 is 2.19 bits per heavy atom. The second-order valence-electron chi connectivity index (χ2n) is 6.37. The summed E-state index contributed by atoms with van der Waals surface area (Å²) >= 11 is 1.59. The molecule has 4 heteroatoms. The van der Waals surface area contributed by atoms with Crippen molar-refractivity contribution < 1.29 is 9.53 Å². The first-order valence-electron chi connectivity index (χ1n) is 7.89. The zero-order chi connectivity index (χ0) is 14.8. The summed E-state index contributed by atoms with van der Waals surface area (Å²) in [6.45, 7) is 2.26. The van der Waals surface area contributed by atoms with E-state index < -0.39 is 0 Å². The number of rotatable bonds is 2. The van der Waals surface area contributed by atoms with Crippen molar-refractivity contribution >= 4 is 17.3 Å². The van der Waals surface area contributed by atoms with E-state index in [0.29, 0.717) is 5.92 Å². The van der Waals surface area contributed by atoms with Crippen LogP contribution in [0.15, 0.2) is 6.07 Å². The lowest BCUT2D eigenvalue weighted by atomic mass is 9.87. The third-order valence-corrected chi connectivity index (χ3v) is 5.87. The molecular weight excluding hydrogens is 282 g/mol. The van der Waals surface area contributed by atoms with Gasteiger partial charge in [-0.3, -0.25) is 0 Å². The highest BCUT2D eigenvalue weighted by Gasteiger charge is 2.29. The number of thiophene rings is 1. The fraction of sp³-hybridized carbons (Fsp3) is 0.647. The number of carbonyl (C=O) groups is 1. The zero-order valence-electron chi connectivity index (χ0n) is 12.4. The molecule has 0 aliphatic heterocycles. The van der Waals surface area contributed by atoms with Crippen LogP contribution in [0.1, 0.15) is 59.1 Å². The Labute approximate surface area is 129 Å². The third kappa shape index (κ3) is 3.13. The summed E-state index contributed by atoms with van der Waals surface area (Å²) in [5.74, 6) is 0.351. The average Bonchev–Trinajstić information content (AvgIpc) is 2.91. The minimum Gasteiger partial charge on any atom is -0.457 e. The smallest absolute Gasteiger partial charge is 0.348 e. The fourth-order valence-corrected chi connectivity index (χ4v) is 4.48. The Kier molecular flexibility index (Phi) is 4.30. The maximum atomic E-state index is 12.4. The van der Waals surface area contributed by atoms with Crippen molar-refractivity contribution in [1.82, 2.24) is 0 Å². The molecule has 1 saturated carbocycles. The number of hydrogen-bond acceptors (Lipinski definition) is 4. The summed E-state index contributed by atoms with van der Waals surface area (Å²) in [6.07, 6.45) is 6.95. The molecule has 1 aromatic heterocycles. The van der Waals surface area contributed by atoms with Crippen LogP contribution in [0.2, 0.25) is 0 Å². The van der Waals surface area contributed by atoms with Gasteiger partial charge in [0.05, 0.1) is 12.0 Å². The summed E-state index contributed by atoms with van der Waals surface area (Å²) in [6, 6.07) is 4.31. The van der Waals surface area contributed by atoms with Gasteiger partial charge in [-0.15, -0.1) is 11.3 Å². The van der Waals surface area contributed by atoms with Gasteiger partial charge in [0.2, 0.25) is 0 Å². The SMILES string of the molecule is C[C@@H]1CCc2sc(C(=O)O[C@H]3CCCC[C@@H]3C#N)cc2C1. The maximum Gasteiger partial charge on any atom is 0.348 e. The number of ether oxygens (including phenoxy) is 1. The Morgan fingerprint density at radius 3 is 3.00 bits per heavy atom. The number of esters is 1. The highest BCUT2D eigenvalue weighted by Crippen LogP contribution is 2.33. The minimum absolute atomic E-state index is 0.127. The molecule has 0 bridgehead atoms. The number of nitrogens with zero attached hydrogens (tertiary/aromatic N) is 1. The van der Waals surface area contributed by atoms with Gasteiger partial charge in [0.15, 0.2) is 0 Å². The van der Waals surface area contributed by atoms with Gasteiger partial charge in [0.25, 0.3) is 0 Å². The molecule has 0 aromatic carbocycles. The van der Waals surface area contributed by atoms with Crippen molar-refractivity contribution in [3.8, 4) is 6.07 Å². The molecule has 2 aliphatic carbocycles. The fourth-order valence-electron chi connectivity index (χ4n) is 3.39. The third-order valence-electron chi connectivity index (χ3n) is 4.66. The average molecular weight is 303 g/mol. The largest absolute Gasteiger partial charge is 0.457 e. The van der Waals surface area contributed by atoms with Gasteiger partial charge in [0, 0.05) is 4.88 Å². The van der Waals surface area contributed by atoms with Gasteiger partial charge in [-0.25, -0.2) is 4.79 Å².